The quantitative estimate of drug-likeness (QED) is 0.259. The number of thioether (sulfide) groups is 1. The van der Waals surface area contributed by atoms with Gasteiger partial charge >= 0.3 is 0 Å². The van der Waals surface area contributed by atoms with Crippen molar-refractivity contribution in [3.05, 3.63) is 24.3 Å². The predicted octanol–water partition coefficient (Wildman–Crippen LogP) is 0.743. The van der Waals surface area contributed by atoms with Gasteiger partial charge in [-0.2, -0.15) is 4.31 Å². The van der Waals surface area contributed by atoms with E-state index in [1.807, 2.05) is 0 Å². The van der Waals surface area contributed by atoms with Crippen molar-refractivity contribution < 1.29 is 33.2 Å². The Hall–Kier alpha value is -2.30. The fourth-order valence-corrected chi connectivity index (χ4v) is 6.94. The molecular weight excluding hydrogens is 446 g/mol. The number of nitrogens with one attached hydrogen (secondary N) is 2. The number of hydrogen-bond donors (Lipinski definition) is 4. The first-order valence-electron chi connectivity index (χ1n) is 9.25. The molecule has 1 aromatic carbocycles. The van der Waals surface area contributed by atoms with Gasteiger partial charge in [0.15, 0.2) is 0 Å². The molecule has 0 bridgehead atoms. The summed E-state index contributed by atoms with van der Waals surface area (Å²) in [6.07, 6.45) is -0.157. The van der Waals surface area contributed by atoms with Gasteiger partial charge in [0.05, 0.1) is 4.90 Å². The van der Waals surface area contributed by atoms with Crippen LogP contribution >= 0.6 is 11.8 Å². The fraction of sp³-hybridized carbons (Fsp3) is 0.474. The maximum absolute atomic E-state index is 13.4. The third-order valence-corrected chi connectivity index (χ3v) is 7.94. The highest BCUT2D eigenvalue weighted by atomic mass is 32.2. The molecule has 2 amide bonds. The average molecular weight is 472 g/mol. The Kier molecular flexibility index (Phi) is 8.33. The average Bonchev–Trinajstić information content (AvgIpc) is 2.72. The lowest BCUT2D eigenvalue weighted by molar-refractivity contribution is -0.134. The molecule has 1 heterocycles. The molecule has 31 heavy (non-hydrogen) atoms. The molecule has 0 aromatic heterocycles. The lowest BCUT2D eigenvalue weighted by Crippen LogP contribution is -2.63. The van der Waals surface area contributed by atoms with Crippen molar-refractivity contribution in [3.63, 3.8) is 0 Å². The lowest BCUT2D eigenvalue weighted by Gasteiger charge is -2.46. The first-order valence-corrected chi connectivity index (χ1v) is 11.6. The van der Waals surface area contributed by atoms with E-state index in [1.165, 1.54) is 47.0 Å². The summed E-state index contributed by atoms with van der Waals surface area (Å²) in [7, 11) is -4.18. The fourth-order valence-electron chi connectivity index (χ4n) is 3.32. The van der Waals surface area contributed by atoms with Crippen molar-refractivity contribution in [1.82, 2.24) is 15.3 Å². The molecule has 1 aliphatic heterocycles. The van der Waals surface area contributed by atoms with Crippen LogP contribution in [0.5, 0.6) is 5.75 Å². The molecule has 2 unspecified atom stereocenters. The minimum absolute atomic E-state index is 0.0785. The number of ether oxygens (including phenoxy) is 1. The van der Waals surface area contributed by atoms with Crippen LogP contribution in [0.2, 0.25) is 0 Å². The summed E-state index contributed by atoms with van der Waals surface area (Å²) in [4.78, 5) is 24.0. The van der Waals surface area contributed by atoms with Gasteiger partial charge in [-0.1, -0.05) is 5.92 Å². The maximum Gasteiger partial charge on any atom is 0.263 e. The topological polar surface area (TPSA) is 145 Å². The van der Waals surface area contributed by atoms with Crippen LogP contribution in [0.15, 0.2) is 29.2 Å². The molecule has 10 nitrogen and oxygen atoms in total. The van der Waals surface area contributed by atoms with Gasteiger partial charge in [-0.3, -0.25) is 20.0 Å². The Morgan fingerprint density at radius 3 is 2.45 bits per heavy atom. The second-order valence-corrected chi connectivity index (χ2v) is 11.1. The molecular formula is C19H25N3O7S2. The van der Waals surface area contributed by atoms with Gasteiger partial charge in [0, 0.05) is 23.0 Å². The van der Waals surface area contributed by atoms with E-state index in [9.17, 15) is 23.2 Å². The Bertz CT molecular complexity index is 968. The number of amides is 2. The maximum atomic E-state index is 13.4. The zero-order valence-corrected chi connectivity index (χ0v) is 18.9. The second kappa shape index (κ2) is 10.3. The molecule has 0 saturated carbocycles. The van der Waals surface area contributed by atoms with Crippen molar-refractivity contribution >= 4 is 33.6 Å². The van der Waals surface area contributed by atoms with Crippen molar-refractivity contribution in [2.75, 3.05) is 13.2 Å². The van der Waals surface area contributed by atoms with E-state index in [0.29, 0.717) is 5.75 Å². The Labute approximate surface area is 185 Å². The number of carbonyl (C=O) groups is 2. The predicted molar refractivity (Wildman–Crippen MR) is 113 cm³/mol. The number of carbonyl (C=O) groups excluding carboxylic acids is 2. The van der Waals surface area contributed by atoms with Gasteiger partial charge in [-0.05, 0) is 45.0 Å². The van der Waals surface area contributed by atoms with Crippen LogP contribution in [0.25, 0.3) is 0 Å². The SMILES string of the molecule is CC#CCOc1ccc(S(=O)(=O)N2CC(CC(=O)NO)SC(C)(C)C2C(=O)NO)cc1. The summed E-state index contributed by atoms with van der Waals surface area (Å²) in [6, 6.07) is 4.42. The van der Waals surface area contributed by atoms with E-state index in [1.54, 1.807) is 20.8 Å². The van der Waals surface area contributed by atoms with Gasteiger partial charge < -0.3 is 4.74 Å². The molecule has 1 aromatic rings. The number of benzene rings is 1. The summed E-state index contributed by atoms with van der Waals surface area (Å²) in [5.41, 5.74) is 3.07. The van der Waals surface area contributed by atoms with E-state index in [-0.39, 0.29) is 24.5 Å². The molecule has 0 radical (unpaired) electrons. The van der Waals surface area contributed by atoms with Crippen molar-refractivity contribution in [1.29, 1.82) is 0 Å². The largest absolute Gasteiger partial charge is 0.481 e. The molecule has 1 aliphatic rings. The lowest BCUT2D eigenvalue weighted by atomic mass is 10.0. The van der Waals surface area contributed by atoms with E-state index >= 15 is 0 Å². The highest BCUT2D eigenvalue weighted by Crippen LogP contribution is 2.43. The molecule has 4 N–H and O–H groups in total. The summed E-state index contributed by atoms with van der Waals surface area (Å²) in [6.45, 7) is 4.96. The summed E-state index contributed by atoms with van der Waals surface area (Å²) >= 11 is 1.23. The van der Waals surface area contributed by atoms with E-state index < -0.39 is 37.9 Å². The second-order valence-electron chi connectivity index (χ2n) is 7.22. The minimum atomic E-state index is -4.18. The van der Waals surface area contributed by atoms with Gasteiger partial charge in [0.2, 0.25) is 15.9 Å². The number of rotatable bonds is 7. The normalized spacial score (nSPS) is 20.8. The van der Waals surface area contributed by atoms with Crippen LogP contribution < -0.4 is 15.7 Å². The first-order chi connectivity index (χ1) is 14.6. The molecule has 0 spiro atoms. The van der Waals surface area contributed by atoms with Crippen molar-refractivity contribution in [2.24, 2.45) is 0 Å². The molecule has 2 rings (SSSR count). The van der Waals surface area contributed by atoms with Crippen LogP contribution in [0.3, 0.4) is 0 Å². The summed E-state index contributed by atoms with van der Waals surface area (Å²) in [5, 5.41) is 17.5. The smallest absolute Gasteiger partial charge is 0.263 e. The highest BCUT2D eigenvalue weighted by Gasteiger charge is 2.51. The third kappa shape index (κ3) is 5.90. The van der Waals surface area contributed by atoms with Crippen molar-refractivity contribution in [3.8, 4) is 17.6 Å². The van der Waals surface area contributed by atoms with Gasteiger partial charge in [-0.25, -0.2) is 19.4 Å². The monoisotopic (exact) mass is 471 g/mol. The Balaban J connectivity index is 2.40. The van der Waals surface area contributed by atoms with Crippen LogP contribution in [0, 0.1) is 11.8 Å². The molecule has 170 valence electrons. The highest BCUT2D eigenvalue weighted by molar-refractivity contribution is 8.01. The van der Waals surface area contributed by atoms with Crippen molar-refractivity contribution in [2.45, 2.75) is 48.1 Å². The van der Waals surface area contributed by atoms with Gasteiger partial charge in [-0.15, -0.1) is 17.7 Å². The van der Waals surface area contributed by atoms with Crippen LogP contribution in [0.4, 0.5) is 0 Å². The van der Waals surface area contributed by atoms with E-state index in [4.69, 9.17) is 9.94 Å². The number of sulfonamides is 1. The number of nitrogens with zero attached hydrogens (tertiary/aromatic N) is 1. The van der Waals surface area contributed by atoms with E-state index in [2.05, 4.69) is 11.8 Å². The molecule has 2 atom stereocenters. The zero-order valence-electron chi connectivity index (χ0n) is 17.3. The number of hydroxylamine groups is 2. The molecule has 0 aliphatic carbocycles. The zero-order chi connectivity index (χ0) is 23.2. The minimum Gasteiger partial charge on any atom is -0.481 e. The van der Waals surface area contributed by atoms with Crippen LogP contribution in [-0.2, 0) is 19.6 Å². The molecule has 12 heteroatoms. The summed E-state index contributed by atoms with van der Waals surface area (Å²) < 4.78 is 32.2. The Morgan fingerprint density at radius 1 is 1.26 bits per heavy atom. The Morgan fingerprint density at radius 2 is 1.90 bits per heavy atom. The number of hydrogen-bond acceptors (Lipinski definition) is 8. The summed E-state index contributed by atoms with van der Waals surface area (Å²) in [5.74, 6) is 4.29. The van der Waals surface area contributed by atoms with Crippen LogP contribution in [0.1, 0.15) is 27.2 Å². The van der Waals surface area contributed by atoms with Gasteiger partial charge in [0.1, 0.15) is 18.4 Å². The molecule has 1 fully saturated rings. The first kappa shape index (κ1) is 25.0. The third-order valence-electron chi connectivity index (χ3n) is 4.61. The van der Waals surface area contributed by atoms with E-state index in [0.717, 1.165) is 4.31 Å². The molecule has 1 saturated heterocycles. The van der Waals surface area contributed by atoms with Gasteiger partial charge in [0.25, 0.3) is 5.91 Å². The van der Waals surface area contributed by atoms with Crippen LogP contribution in [-0.4, -0.2) is 64.1 Å². The standard InChI is InChI=1S/C19H25N3O7S2/c1-4-5-10-29-13-6-8-15(9-7-13)31(27,28)22-12-14(11-16(23)20-25)30-19(2,3)17(22)18(24)21-26/h6-9,14,17,25-26H,10-12H2,1-3H3,(H,20,23)(H,21,24).